The van der Waals surface area contributed by atoms with Crippen LogP contribution in [0.15, 0.2) is 78.5 Å². The van der Waals surface area contributed by atoms with Gasteiger partial charge in [0.1, 0.15) is 5.82 Å². The number of non-ortho nitro benzene ring substituents is 1. The highest BCUT2D eigenvalue weighted by molar-refractivity contribution is 6.25. The van der Waals surface area contributed by atoms with Crippen LogP contribution < -0.4 is 10.6 Å². The van der Waals surface area contributed by atoms with Crippen molar-refractivity contribution in [2.24, 2.45) is 0 Å². The van der Waals surface area contributed by atoms with Crippen molar-refractivity contribution in [3.63, 3.8) is 0 Å². The van der Waals surface area contributed by atoms with Gasteiger partial charge in [-0.15, -0.1) is 0 Å². The first-order chi connectivity index (χ1) is 15.3. The topological polar surface area (TPSA) is 118 Å². The average Bonchev–Trinajstić information content (AvgIpc) is 2.78. The third-order valence-corrected chi connectivity index (χ3v) is 4.79. The van der Waals surface area contributed by atoms with Crippen LogP contribution in [-0.4, -0.2) is 22.4 Å². The van der Waals surface area contributed by atoms with Gasteiger partial charge in [0.2, 0.25) is 5.78 Å². The van der Waals surface area contributed by atoms with Crippen LogP contribution in [0.1, 0.15) is 31.1 Å². The van der Waals surface area contributed by atoms with E-state index in [1.54, 1.807) is 36.4 Å². The van der Waals surface area contributed by atoms with Crippen LogP contribution in [0, 0.1) is 15.9 Å². The summed E-state index contributed by atoms with van der Waals surface area (Å²) >= 11 is 0. The maximum atomic E-state index is 14.0. The highest BCUT2D eigenvalue weighted by Crippen LogP contribution is 2.24. The molecule has 1 aliphatic rings. The van der Waals surface area contributed by atoms with E-state index < -0.39 is 22.3 Å². The second-order valence-corrected chi connectivity index (χ2v) is 6.87. The lowest BCUT2D eigenvalue weighted by molar-refractivity contribution is -0.385. The second kappa shape index (κ2) is 8.23. The van der Waals surface area contributed by atoms with Crippen molar-refractivity contribution in [3.05, 3.63) is 111 Å². The molecule has 0 bridgehead atoms. The standard InChI is InChI=1S/C23H14FN3O5/c24-19-11-15(27(31)32)9-10-18(19)23(30)26-14-7-5-13(6-8-14)25-20-12-21(28)16-3-1-2-4-17(16)22(20)29/h1-12,25H,(H,26,30). The Morgan fingerprint density at radius 1 is 0.906 bits per heavy atom. The molecule has 0 aliphatic heterocycles. The van der Waals surface area contributed by atoms with E-state index in [1.165, 1.54) is 18.2 Å². The van der Waals surface area contributed by atoms with E-state index in [-0.39, 0.29) is 22.8 Å². The number of ketones is 2. The van der Waals surface area contributed by atoms with Gasteiger partial charge < -0.3 is 10.6 Å². The van der Waals surface area contributed by atoms with Gasteiger partial charge in [0.15, 0.2) is 5.78 Å². The molecule has 0 unspecified atom stereocenters. The molecular weight excluding hydrogens is 417 g/mol. The molecule has 0 heterocycles. The number of nitro benzene ring substituents is 1. The van der Waals surface area contributed by atoms with Gasteiger partial charge in [0, 0.05) is 34.6 Å². The molecule has 3 aromatic carbocycles. The molecule has 4 rings (SSSR count). The maximum absolute atomic E-state index is 14.0. The molecule has 0 saturated heterocycles. The number of allylic oxidation sites excluding steroid dienone is 2. The van der Waals surface area contributed by atoms with Gasteiger partial charge >= 0.3 is 0 Å². The van der Waals surface area contributed by atoms with Crippen LogP contribution in [0.3, 0.4) is 0 Å². The van der Waals surface area contributed by atoms with Crippen molar-refractivity contribution in [2.75, 3.05) is 10.6 Å². The number of fused-ring (bicyclic) bond motifs is 1. The molecule has 0 spiro atoms. The zero-order chi connectivity index (χ0) is 22.8. The Bertz CT molecular complexity index is 1320. The molecule has 2 N–H and O–H groups in total. The fraction of sp³-hybridized carbons (Fsp3) is 0. The number of amides is 1. The zero-order valence-electron chi connectivity index (χ0n) is 16.3. The summed E-state index contributed by atoms with van der Waals surface area (Å²) in [4.78, 5) is 47.1. The molecule has 0 radical (unpaired) electrons. The zero-order valence-corrected chi connectivity index (χ0v) is 16.3. The SMILES string of the molecule is O=C(Nc1ccc(NC2=CC(=O)c3ccccc3C2=O)cc1)c1ccc([N+](=O)[O-])cc1F. The highest BCUT2D eigenvalue weighted by atomic mass is 19.1. The molecule has 0 saturated carbocycles. The molecule has 8 nitrogen and oxygen atoms in total. The van der Waals surface area contributed by atoms with Crippen LogP contribution in [-0.2, 0) is 0 Å². The number of carbonyl (C=O) groups excluding carboxylic acids is 3. The van der Waals surface area contributed by atoms with Gasteiger partial charge in [-0.05, 0) is 30.3 Å². The Morgan fingerprint density at radius 3 is 2.22 bits per heavy atom. The van der Waals surface area contributed by atoms with E-state index in [2.05, 4.69) is 10.6 Å². The van der Waals surface area contributed by atoms with Gasteiger partial charge in [-0.25, -0.2) is 4.39 Å². The number of benzene rings is 3. The Kier molecular flexibility index (Phi) is 5.30. The summed E-state index contributed by atoms with van der Waals surface area (Å²) in [5.74, 6) is -2.38. The normalized spacial score (nSPS) is 12.6. The highest BCUT2D eigenvalue weighted by Gasteiger charge is 2.25. The molecule has 0 atom stereocenters. The first-order valence-electron chi connectivity index (χ1n) is 9.35. The molecule has 9 heteroatoms. The van der Waals surface area contributed by atoms with E-state index in [1.807, 2.05) is 0 Å². The molecule has 32 heavy (non-hydrogen) atoms. The van der Waals surface area contributed by atoms with E-state index in [0.717, 1.165) is 12.1 Å². The average molecular weight is 431 g/mol. The first-order valence-corrected chi connectivity index (χ1v) is 9.35. The minimum atomic E-state index is -1.01. The number of nitrogens with zero attached hydrogens (tertiary/aromatic N) is 1. The molecule has 3 aromatic rings. The van der Waals surface area contributed by atoms with E-state index >= 15 is 0 Å². The number of nitro groups is 1. The summed E-state index contributed by atoms with van der Waals surface area (Å²) in [5, 5.41) is 16.1. The number of hydrogen-bond acceptors (Lipinski definition) is 6. The summed E-state index contributed by atoms with van der Waals surface area (Å²) in [5.41, 5.74) is 0.824. The van der Waals surface area contributed by atoms with Gasteiger partial charge in [0.05, 0.1) is 22.3 Å². The maximum Gasteiger partial charge on any atom is 0.272 e. The summed E-state index contributed by atoms with van der Waals surface area (Å²) < 4.78 is 14.0. The Labute approximate surface area is 180 Å². The molecule has 0 aromatic heterocycles. The molecule has 1 amide bonds. The van der Waals surface area contributed by atoms with Gasteiger partial charge in [-0.2, -0.15) is 0 Å². The Morgan fingerprint density at radius 2 is 1.56 bits per heavy atom. The third kappa shape index (κ3) is 3.99. The lowest BCUT2D eigenvalue weighted by Crippen LogP contribution is -2.21. The smallest absolute Gasteiger partial charge is 0.272 e. The van der Waals surface area contributed by atoms with Crippen molar-refractivity contribution in [1.82, 2.24) is 0 Å². The van der Waals surface area contributed by atoms with Crippen molar-refractivity contribution >= 4 is 34.5 Å². The Hall–Kier alpha value is -4.66. The number of hydrogen-bond donors (Lipinski definition) is 2. The van der Waals surface area contributed by atoms with Crippen LogP contribution >= 0.6 is 0 Å². The van der Waals surface area contributed by atoms with Crippen molar-refractivity contribution in [3.8, 4) is 0 Å². The fourth-order valence-corrected chi connectivity index (χ4v) is 3.20. The van der Waals surface area contributed by atoms with Gasteiger partial charge in [-0.3, -0.25) is 24.5 Å². The summed E-state index contributed by atoms with van der Waals surface area (Å²) in [6, 6.07) is 15.5. The number of anilines is 2. The van der Waals surface area contributed by atoms with Crippen LogP contribution in [0.25, 0.3) is 0 Å². The lowest BCUT2D eigenvalue weighted by Gasteiger charge is -2.16. The third-order valence-electron chi connectivity index (χ3n) is 4.79. The number of Topliss-reactive ketones (excluding diaryl/α,β-unsaturated/α-hetero) is 1. The monoisotopic (exact) mass is 431 g/mol. The van der Waals surface area contributed by atoms with Crippen molar-refractivity contribution in [1.29, 1.82) is 0 Å². The van der Waals surface area contributed by atoms with Crippen LogP contribution in [0.4, 0.5) is 21.5 Å². The van der Waals surface area contributed by atoms with E-state index in [4.69, 9.17) is 0 Å². The number of halogens is 1. The molecule has 158 valence electrons. The van der Waals surface area contributed by atoms with E-state index in [0.29, 0.717) is 28.6 Å². The molecule has 0 fully saturated rings. The quantitative estimate of drug-likeness (QED) is 0.458. The Balaban J connectivity index is 1.46. The summed E-state index contributed by atoms with van der Waals surface area (Å²) in [6.07, 6.45) is 1.23. The number of rotatable bonds is 5. The molecule has 1 aliphatic carbocycles. The van der Waals surface area contributed by atoms with Crippen LogP contribution in [0.2, 0.25) is 0 Å². The number of nitrogens with one attached hydrogen (secondary N) is 2. The minimum Gasteiger partial charge on any atom is -0.352 e. The van der Waals surface area contributed by atoms with E-state index in [9.17, 15) is 28.9 Å². The molecular formula is C23H14FN3O5. The second-order valence-electron chi connectivity index (χ2n) is 6.87. The van der Waals surface area contributed by atoms with Gasteiger partial charge in [0.25, 0.3) is 11.6 Å². The summed E-state index contributed by atoms with van der Waals surface area (Å²) in [7, 11) is 0. The van der Waals surface area contributed by atoms with Gasteiger partial charge in [-0.1, -0.05) is 24.3 Å². The first kappa shape index (κ1) is 20.6. The van der Waals surface area contributed by atoms with Crippen LogP contribution in [0.5, 0.6) is 0 Å². The fourth-order valence-electron chi connectivity index (χ4n) is 3.20. The minimum absolute atomic E-state index is 0.124. The predicted octanol–water partition coefficient (Wildman–Crippen LogP) is 4.36. The largest absolute Gasteiger partial charge is 0.352 e. The summed E-state index contributed by atoms with van der Waals surface area (Å²) in [6.45, 7) is 0. The number of carbonyl (C=O) groups is 3. The lowest BCUT2D eigenvalue weighted by atomic mass is 9.92. The van der Waals surface area contributed by atoms with Crippen molar-refractivity contribution in [2.45, 2.75) is 0 Å². The van der Waals surface area contributed by atoms with Crippen molar-refractivity contribution < 1.29 is 23.7 Å². The predicted molar refractivity (Wildman–Crippen MR) is 114 cm³/mol.